The van der Waals surface area contributed by atoms with Crippen LogP contribution in [0.5, 0.6) is 0 Å². The summed E-state index contributed by atoms with van der Waals surface area (Å²) in [5.74, 6) is 5.55. The third-order valence-electron chi connectivity index (χ3n) is 2.37. The van der Waals surface area contributed by atoms with Gasteiger partial charge in [0.2, 0.25) is 0 Å². The molecule has 18 heavy (non-hydrogen) atoms. The van der Waals surface area contributed by atoms with Gasteiger partial charge in [-0.3, -0.25) is 4.79 Å². The molecule has 0 aliphatic carbocycles. The summed E-state index contributed by atoms with van der Waals surface area (Å²) in [4.78, 5) is 13.5. The highest BCUT2D eigenvalue weighted by Crippen LogP contribution is 2.06. The van der Waals surface area contributed by atoms with Crippen LogP contribution in [-0.4, -0.2) is 30.9 Å². The number of amides is 1. The summed E-state index contributed by atoms with van der Waals surface area (Å²) in [6.07, 6.45) is 0.336. The molecule has 1 aromatic rings. The van der Waals surface area contributed by atoms with Gasteiger partial charge in [0.25, 0.3) is 5.91 Å². The van der Waals surface area contributed by atoms with E-state index in [1.165, 1.54) is 4.90 Å². The van der Waals surface area contributed by atoms with Crippen LogP contribution in [0.2, 0.25) is 0 Å². The molecule has 0 spiro atoms. The number of hydrogen-bond donors (Lipinski definition) is 1. The number of benzene rings is 1. The highest BCUT2D eigenvalue weighted by molar-refractivity contribution is 5.94. The van der Waals surface area contributed by atoms with E-state index in [1.807, 2.05) is 6.07 Å². The largest absolute Gasteiger partial charge is 0.341 e. The Bertz CT molecular complexity index is 503. The summed E-state index contributed by atoms with van der Waals surface area (Å²) in [5, 5.41) is 8.47. The van der Waals surface area contributed by atoms with Crippen LogP contribution in [-0.2, 0) is 0 Å². The lowest BCUT2D eigenvalue weighted by Crippen LogP contribution is -2.27. The zero-order valence-electron chi connectivity index (χ0n) is 10.3. The molecule has 1 aromatic carbocycles. The van der Waals surface area contributed by atoms with E-state index in [-0.39, 0.29) is 5.91 Å². The third kappa shape index (κ3) is 3.93. The Kier molecular flexibility index (Phi) is 5.44. The Morgan fingerprint density at radius 2 is 2.06 bits per heavy atom. The second-order valence-corrected chi connectivity index (χ2v) is 3.72. The maximum absolute atomic E-state index is 11.9. The second kappa shape index (κ2) is 7.11. The van der Waals surface area contributed by atoms with Crippen LogP contribution in [0.1, 0.15) is 22.3 Å². The van der Waals surface area contributed by atoms with E-state index in [4.69, 9.17) is 11.0 Å². The lowest BCUT2D eigenvalue weighted by Gasteiger charge is -2.15. The Hall–Kier alpha value is -2.30. The first kappa shape index (κ1) is 13.8. The van der Waals surface area contributed by atoms with E-state index in [9.17, 15) is 4.79 Å². The van der Waals surface area contributed by atoms with E-state index < -0.39 is 0 Å². The molecule has 4 nitrogen and oxygen atoms in total. The fraction of sp³-hybridized carbons (Fsp3) is 0.286. The highest BCUT2D eigenvalue weighted by atomic mass is 16.2. The summed E-state index contributed by atoms with van der Waals surface area (Å²) in [5.41, 5.74) is 6.70. The zero-order chi connectivity index (χ0) is 13.4. The molecule has 0 heterocycles. The average Bonchev–Trinajstić information content (AvgIpc) is 2.42. The number of rotatable bonds is 3. The van der Waals surface area contributed by atoms with Crippen molar-refractivity contribution in [2.75, 3.05) is 20.1 Å². The van der Waals surface area contributed by atoms with Gasteiger partial charge in [-0.1, -0.05) is 11.8 Å². The first-order valence-electron chi connectivity index (χ1n) is 5.60. The molecule has 2 N–H and O–H groups in total. The molecular weight excluding hydrogens is 226 g/mol. The molecule has 4 heteroatoms. The lowest BCUT2D eigenvalue weighted by molar-refractivity contribution is 0.0798. The maximum Gasteiger partial charge on any atom is 0.253 e. The molecule has 1 amide bonds. The van der Waals surface area contributed by atoms with Crippen LogP contribution in [0.15, 0.2) is 24.3 Å². The van der Waals surface area contributed by atoms with Gasteiger partial charge in [-0.25, -0.2) is 0 Å². The summed E-state index contributed by atoms with van der Waals surface area (Å²) >= 11 is 0. The van der Waals surface area contributed by atoms with E-state index in [0.29, 0.717) is 25.1 Å². The molecule has 0 atom stereocenters. The number of hydrogen-bond acceptors (Lipinski definition) is 3. The van der Waals surface area contributed by atoms with Crippen molar-refractivity contribution in [1.82, 2.24) is 4.90 Å². The van der Waals surface area contributed by atoms with E-state index in [1.54, 1.807) is 31.3 Å². The monoisotopic (exact) mass is 241 g/mol. The maximum atomic E-state index is 11.9. The van der Waals surface area contributed by atoms with Crippen molar-refractivity contribution < 1.29 is 4.79 Å². The molecular formula is C14H15N3O. The van der Waals surface area contributed by atoms with E-state index in [0.717, 1.165) is 5.56 Å². The number of carbonyl (C=O) groups excluding carboxylic acids is 1. The van der Waals surface area contributed by atoms with Crippen LogP contribution >= 0.6 is 0 Å². The summed E-state index contributed by atoms with van der Waals surface area (Å²) in [6.45, 7) is 0.752. The summed E-state index contributed by atoms with van der Waals surface area (Å²) < 4.78 is 0. The standard InChI is InChI=1S/C14H15N3O/c1-17(11-3-10-16)14(18)13-7-5-12(6-8-13)4-2-9-15/h5-8H,3,9,11,15H2,1H3. The molecule has 0 aliphatic rings. The number of nitriles is 1. The molecule has 1 rings (SSSR count). The van der Waals surface area contributed by atoms with Crippen molar-refractivity contribution >= 4 is 5.91 Å². The zero-order valence-corrected chi connectivity index (χ0v) is 10.3. The first-order valence-corrected chi connectivity index (χ1v) is 5.60. The highest BCUT2D eigenvalue weighted by Gasteiger charge is 2.10. The molecule has 0 saturated carbocycles. The topological polar surface area (TPSA) is 70.1 Å². The number of carbonyl (C=O) groups is 1. The van der Waals surface area contributed by atoms with E-state index in [2.05, 4.69) is 11.8 Å². The van der Waals surface area contributed by atoms with Gasteiger partial charge < -0.3 is 10.6 Å². The van der Waals surface area contributed by atoms with Gasteiger partial charge in [0, 0.05) is 24.7 Å². The van der Waals surface area contributed by atoms with Crippen molar-refractivity contribution in [2.24, 2.45) is 5.73 Å². The minimum absolute atomic E-state index is 0.0939. The lowest BCUT2D eigenvalue weighted by atomic mass is 10.1. The van der Waals surface area contributed by atoms with E-state index >= 15 is 0 Å². The van der Waals surface area contributed by atoms with Gasteiger partial charge in [0.05, 0.1) is 19.0 Å². The Balaban J connectivity index is 2.73. The predicted molar refractivity (Wildman–Crippen MR) is 69.6 cm³/mol. The fourth-order valence-corrected chi connectivity index (χ4v) is 1.39. The van der Waals surface area contributed by atoms with Crippen molar-refractivity contribution in [3.63, 3.8) is 0 Å². The minimum Gasteiger partial charge on any atom is -0.341 e. The van der Waals surface area contributed by atoms with Crippen molar-refractivity contribution in [1.29, 1.82) is 5.26 Å². The molecule has 0 fully saturated rings. The van der Waals surface area contributed by atoms with Crippen LogP contribution in [0.4, 0.5) is 0 Å². The summed E-state index contributed by atoms with van der Waals surface area (Å²) in [6, 6.07) is 9.04. The summed E-state index contributed by atoms with van der Waals surface area (Å²) in [7, 11) is 1.68. The van der Waals surface area contributed by atoms with Gasteiger partial charge in [0.15, 0.2) is 0 Å². The normalized spacial score (nSPS) is 8.94. The van der Waals surface area contributed by atoms with Gasteiger partial charge in [-0.2, -0.15) is 5.26 Å². The van der Waals surface area contributed by atoms with Gasteiger partial charge in [-0.15, -0.1) is 0 Å². The van der Waals surface area contributed by atoms with Crippen LogP contribution in [0.3, 0.4) is 0 Å². The Morgan fingerprint density at radius 1 is 1.39 bits per heavy atom. The fourth-order valence-electron chi connectivity index (χ4n) is 1.39. The second-order valence-electron chi connectivity index (χ2n) is 3.72. The molecule has 0 saturated heterocycles. The third-order valence-corrected chi connectivity index (χ3v) is 2.37. The average molecular weight is 241 g/mol. The number of nitrogens with two attached hydrogens (primary N) is 1. The SMILES string of the molecule is CN(CCC#N)C(=O)c1ccc(C#CCN)cc1. The first-order chi connectivity index (χ1) is 8.69. The minimum atomic E-state index is -0.0939. The van der Waals surface area contributed by atoms with Crippen LogP contribution < -0.4 is 5.73 Å². The predicted octanol–water partition coefficient (Wildman–Crippen LogP) is 0.982. The molecule has 92 valence electrons. The van der Waals surface area contributed by atoms with Crippen LogP contribution in [0.25, 0.3) is 0 Å². The Morgan fingerprint density at radius 3 is 2.61 bits per heavy atom. The quantitative estimate of drug-likeness (QED) is 0.802. The molecule has 0 unspecified atom stereocenters. The molecule has 0 bridgehead atoms. The molecule has 0 aliphatic heterocycles. The van der Waals surface area contributed by atoms with Crippen molar-refractivity contribution in [2.45, 2.75) is 6.42 Å². The van der Waals surface area contributed by atoms with Gasteiger partial charge in [-0.05, 0) is 24.3 Å². The molecule has 0 radical (unpaired) electrons. The van der Waals surface area contributed by atoms with Crippen LogP contribution in [0, 0.1) is 23.2 Å². The van der Waals surface area contributed by atoms with Crippen molar-refractivity contribution in [3.05, 3.63) is 35.4 Å². The van der Waals surface area contributed by atoms with Gasteiger partial charge in [0.1, 0.15) is 0 Å². The van der Waals surface area contributed by atoms with Gasteiger partial charge >= 0.3 is 0 Å². The Labute approximate surface area is 107 Å². The molecule has 0 aromatic heterocycles. The smallest absolute Gasteiger partial charge is 0.253 e. The number of nitrogens with zero attached hydrogens (tertiary/aromatic N) is 2. The van der Waals surface area contributed by atoms with Crippen molar-refractivity contribution in [3.8, 4) is 17.9 Å².